The van der Waals surface area contributed by atoms with Crippen LogP contribution in [0.5, 0.6) is 5.75 Å². The van der Waals surface area contributed by atoms with Crippen molar-refractivity contribution < 1.29 is 9.53 Å². The van der Waals surface area contributed by atoms with Gasteiger partial charge in [-0.25, -0.2) is 0 Å². The smallest absolute Gasteiger partial charge is 0.257 e. The van der Waals surface area contributed by atoms with E-state index in [4.69, 9.17) is 22.1 Å². The Morgan fingerprint density at radius 2 is 2.21 bits per heavy atom. The first kappa shape index (κ1) is 15.8. The number of nitrogens with one attached hydrogen (secondary N) is 1. The van der Waals surface area contributed by atoms with Gasteiger partial charge in [-0.15, -0.1) is 0 Å². The summed E-state index contributed by atoms with van der Waals surface area (Å²) in [6.45, 7) is 5.25. The first-order chi connectivity index (χ1) is 9.02. The van der Waals surface area contributed by atoms with Crippen molar-refractivity contribution in [3.8, 4) is 5.75 Å². The van der Waals surface area contributed by atoms with Gasteiger partial charge in [0.1, 0.15) is 5.75 Å². The van der Waals surface area contributed by atoms with Crippen LogP contribution >= 0.6 is 11.6 Å². The Hall–Kier alpha value is -1.26. The monoisotopic (exact) mass is 284 g/mol. The minimum atomic E-state index is -0.123. The largest absolute Gasteiger partial charge is 0.483 e. The molecular weight excluding hydrogens is 264 g/mol. The number of nitrogens with two attached hydrogens (primary N) is 1. The Kier molecular flexibility index (Phi) is 6.67. The van der Waals surface area contributed by atoms with Crippen molar-refractivity contribution in [2.45, 2.75) is 20.3 Å². The van der Waals surface area contributed by atoms with Crippen molar-refractivity contribution in [3.05, 3.63) is 28.8 Å². The molecule has 1 rings (SSSR count). The summed E-state index contributed by atoms with van der Waals surface area (Å²) < 4.78 is 5.51. The number of hydrogen-bond donors (Lipinski definition) is 2. The molecule has 0 aliphatic rings. The Morgan fingerprint density at radius 3 is 2.84 bits per heavy atom. The second kappa shape index (κ2) is 8.02. The van der Waals surface area contributed by atoms with E-state index in [1.165, 1.54) is 0 Å². The number of benzene rings is 1. The van der Waals surface area contributed by atoms with E-state index in [2.05, 4.69) is 5.32 Å². The molecule has 19 heavy (non-hydrogen) atoms. The predicted octanol–water partition coefficient (Wildman–Crippen LogP) is 1.99. The van der Waals surface area contributed by atoms with Crippen LogP contribution < -0.4 is 15.8 Å². The van der Waals surface area contributed by atoms with Gasteiger partial charge in [-0.1, -0.05) is 25.4 Å². The molecule has 0 fully saturated rings. The zero-order valence-electron chi connectivity index (χ0n) is 11.4. The number of carbonyl (C=O) groups excluding carboxylic acids is 1. The quantitative estimate of drug-likeness (QED) is 0.805. The van der Waals surface area contributed by atoms with Gasteiger partial charge in [0.2, 0.25) is 0 Å². The fourth-order valence-electron chi connectivity index (χ4n) is 1.55. The average molecular weight is 285 g/mol. The lowest BCUT2D eigenvalue weighted by Gasteiger charge is -2.12. The van der Waals surface area contributed by atoms with Crippen LogP contribution in [-0.2, 0) is 11.2 Å². The second-order valence-electron chi connectivity index (χ2n) is 4.78. The number of amides is 1. The van der Waals surface area contributed by atoms with E-state index in [0.717, 1.165) is 5.56 Å². The maximum Gasteiger partial charge on any atom is 0.257 e. The third kappa shape index (κ3) is 5.94. The van der Waals surface area contributed by atoms with Crippen LogP contribution in [0.25, 0.3) is 0 Å². The van der Waals surface area contributed by atoms with Crippen LogP contribution in [0.1, 0.15) is 19.4 Å². The van der Waals surface area contributed by atoms with E-state index in [-0.39, 0.29) is 12.5 Å². The summed E-state index contributed by atoms with van der Waals surface area (Å²) in [6.07, 6.45) is 0.670. The lowest BCUT2D eigenvalue weighted by molar-refractivity contribution is -0.123. The van der Waals surface area contributed by atoms with Gasteiger partial charge in [-0.3, -0.25) is 4.79 Å². The highest BCUT2D eigenvalue weighted by atomic mass is 35.5. The SMILES string of the molecule is CC(C)CNC(=O)COc1ccc(Cl)cc1CCN. The molecule has 0 spiro atoms. The number of hydrogen-bond acceptors (Lipinski definition) is 3. The molecular formula is C14H21ClN2O2. The first-order valence-electron chi connectivity index (χ1n) is 6.41. The molecule has 0 aromatic heterocycles. The molecule has 0 aliphatic carbocycles. The van der Waals surface area contributed by atoms with Gasteiger partial charge in [0, 0.05) is 11.6 Å². The third-order valence-corrected chi connectivity index (χ3v) is 2.74. The van der Waals surface area contributed by atoms with Crippen molar-refractivity contribution in [2.24, 2.45) is 11.7 Å². The summed E-state index contributed by atoms with van der Waals surface area (Å²) in [6, 6.07) is 5.32. The van der Waals surface area contributed by atoms with Gasteiger partial charge in [-0.05, 0) is 42.6 Å². The van der Waals surface area contributed by atoms with Crippen molar-refractivity contribution in [1.82, 2.24) is 5.32 Å². The minimum Gasteiger partial charge on any atom is -0.483 e. The van der Waals surface area contributed by atoms with E-state index < -0.39 is 0 Å². The molecule has 0 radical (unpaired) electrons. The fraction of sp³-hybridized carbons (Fsp3) is 0.500. The van der Waals surface area contributed by atoms with E-state index >= 15 is 0 Å². The van der Waals surface area contributed by atoms with E-state index in [9.17, 15) is 4.79 Å². The van der Waals surface area contributed by atoms with Crippen LogP contribution in [0.2, 0.25) is 5.02 Å². The van der Waals surface area contributed by atoms with E-state index in [0.29, 0.717) is 36.2 Å². The average Bonchev–Trinajstić information content (AvgIpc) is 2.35. The number of rotatable bonds is 7. The molecule has 0 heterocycles. The van der Waals surface area contributed by atoms with Gasteiger partial charge in [0.15, 0.2) is 6.61 Å². The highest BCUT2D eigenvalue weighted by Gasteiger charge is 2.07. The fourth-order valence-corrected chi connectivity index (χ4v) is 1.75. The molecule has 0 saturated heterocycles. The molecule has 1 amide bonds. The molecule has 0 bridgehead atoms. The molecule has 0 unspecified atom stereocenters. The number of carbonyl (C=O) groups is 1. The topological polar surface area (TPSA) is 64.3 Å². The lowest BCUT2D eigenvalue weighted by Crippen LogP contribution is -2.31. The van der Waals surface area contributed by atoms with Gasteiger partial charge in [0.25, 0.3) is 5.91 Å². The maximum absolute atomic E-state index is 11.6. The van der Waals surface area contributed by atoms with Crippen molar-refractivity contribution in [2.75, 3.05) is 19.7 Å². The molecule has 0 aliphatic heterocycles. The van der Waals surface area contributed by atoms with Crippen molar-refractivity contribution in [3.63, 3.8) is 0 Å². The maximum atomic E-state index is 11.6. The standard InChI is InChI=1S/C14H21ClN2O2/c1-10(2)8-17-14(18)9-19-13-4-3-12(15)7-11(13)5-6-16/h3-4,7,10H,5-6,8-9,16H2,1-2H3,(H,17,18). The number of halogens is 1. The predicted molar refractivity (Wildman–Crippen MR) is 77.6 cm³/mol. The molecule has 5 heteroatoms. The van der Waals surface area contributed by atoms with Gasteiger partial charge < -0.3 is 15.8 Å². The van der Waals surface area contributed by atoms with Gasteiger partial charge in [-0.2, -0.15) is 0 Å². The molecule has 3 N–H and O–H groups in total. The van der Waals surface area contributed by atoms with Crippen LogP contribution in [0, 0.1) is 5.92 Å². The molecule has 4 nitrogen and oxygen atoms in total. The Balaban J connectivity index is 2.54. The Morgan fingerprint density at radius 1 is 1.47 bits per heavy atom. The van der Waals surface area contributed by atoms with Crippen molar-refractivity contribution >= 4 is 17.5 Å². The first-order valence-corrected chi connectivity index (χ1v) is 6.78. The summed E-state index contributed by atoms with van der Waals surface area (Å²) in [4.78, 5) is 11.6. The van der Waals surface area contributed by atoms with Crippen LogP contribution in [-0.4, -0.2) is 25.6 Å². The van der Waals surface area contributed by atoms with Crippen LogP contribution in [0.4, 0.5) is 0 Å². The molecule has 1 aromatic rings. The van der Waals surface area contributed by atoms with Crippen LogP contribution in [0.15, 0.2) is 18.2 Å². The normalized spacial score (nSPS) is 10.6. The summed E-state index contributed by atoms with van der Waals surface area (Å²) in [5.41, 5.74) is 6.46. The Labute approximate surface area is 119 Å². The van der Waals surface area contributed by atoms with Gasteiger partial charge in [0.05, 0.1) is 0 Å². The zero-order chi connectivity index (χ0) is 14.3. The minimum absolute atomic E-state index is 0.00588. The molecule has 1 aromatic carbocycles. The lowest BCUT2D eigenvalue weighted by atomic mass is 10.1. The van der Waals surface area contributed by atoms with Gasteiger partial charge >= 0.3 is 0 Å². The molecule has 0 atom stereocenters. The molecule has 106 valence electrons. The van der Waals surface area contributed by atoms with Crippen molar-refractivity contribution in [1.29, 1.82) is 0 Å². The third-order valence-electron chi connectivity index (χ3n) is 2.50. The summed E-state index contributed by atoms with van der Waals surface area (Å²) in [5, 5.41) is 3.44. The summed E-state index contributed by atoms with van der Waals surface area (Å²) in [7, 11) is 0. The zero-order valence-corrected chi connectivity index (χ0v) is 12.2. The second-order valence-corrected chi connectivity index (χ2v) is 5.21. The summed E-state index contributed by atoms with van der Waals surface area (Å²) >= 11 is 5.92. The summed E-state index contributed by atoms with van der Waals surface area (Å²) in [5.74, 6) is 0.962. The Bertz CT molecular complexity index is 422. The highest BCUT2D eigenvalue weighted by Crippen LogP contribution is 2.23. The van der Waals surface area contributed by atoms with Crippen LogP contribution in [0.3, 0.4) is 0 Å². The number of ether oxygens (including phenoxy) is 1. The molecule has 0 saturated carbocycles. The highest BCUT2D eigenvalue weighted by molar-refractivity contribution is 6.30. The van der Waals surface area contributed by atoms with E-state index in [1.54, 1.807) is 12.1 Å². The van der Waals surface area contributed by atoms with E-state index in [1.807, 2.05) is 19.9 Å².